The van der Waals surface area contributed by atoms with E-state index in [4.69, 9.17) is 0 Å². The van der Waals surface area contributed by atoms with E-state index in [1.807, 2.05) is 36.5 Å². The van der Waals surface area contributed by atoms with Gasteiger partial charge in [-0.05, 0) is 35.7 Å². The number of hydrogen-bond donors (Lipinski definition) is 1. The van der Waals surface area contributed by atoms with Crippen LogP contribution < -0.4 is 15.8 Å². The van der Waals surface area contributed by atoms with Crippen molar-refractivity contribution in [1.29, 1.82) is 0 Å². The number of nitrogens with one attached hydrogen (secondary N) is 1. The largest absolute Gasteiger partial charge is 0.384 e. The van der Waals surface area contributed by atoms with Gasteiger partial charge in [0.2, 0.25) is 11.9 Å². The molecule has 0 bridgehead atoms. The second-order valence-corrected chi connectivity index (χ2v) is 11.5. The van der Waals surface area contributed by atoms with Crippen LogP contribution in [-0.4, -0.2) is 61.6 Å². The molecule has 0 unspecified atom stereocenters. The second-order valence-electron chi connectivity index (χ2n) is 10.5. The molecule has 0 spiro atoms. The Kier molecular flexibility index (Phi) is 6.87. The van der Waals surface area contributed by atoms with Crippen molar-refractivity contribution in [2.24, 2.45) is 7.05 Å². The first-order valence-corrected chi connectivity index (χ1v) is 14.5. The summed E-state index contributed by atoms with van der Waals surface area (Å²) in [6.45, 7) is 11.2. The number of rotatable bonds is 4. The number of carbonyl (C=O) groups is 1. The third kappa shape index (κ3) is 4.77. The van der Waals surface area contributed by atoms with Crippen LogP contribution in [-0.2, 0) is 24.9 Å². The van der Waals surface area contributed by atoms with Gasteiger partial charge in [-0.2, -0.15) is 0 Å². The van der Waals surface area contributed by atoms with Crippen molar-refractivity contribution in [3.63, 3.8) is 0 Å². The molecule has 1 atom stereocenters. The van der Waals surface area contributed by atoms with Crippen molar-refractivity contribution >= 4 is 34.5 Å². The fourth-order valence-corrected chi connectivity index (χ4v) is 6.73. The number of carbonyl (C=O) groups excluding carboxylic acids is 1. The zero-order valence-corrected chi connectivity index (χ0v) is 23.9. The first-order chi connectivity index (χ1) is 19.3. The summed E-state index contributed by atoms with van der Waals surface area (Å²) in [6.07, 6.45) is 3.68. The lowest BCUT2D eigenvalue weighted by Crippen LogP contribution is -2.53. The van der Waals surface area contributed by atoms with Crippen molar-refractivity contribution in [2.75, 3.05) is 30.3 Å². The number of nitrogens with zero attached hydrogens (tertiary/aromatic N) is 6. The highest BCUT2D eigenvalue weighted by molar-refractivity contribution is 7.99. The standard InChI is InChI=1S/C30H33N7O2S/c1-19-18-40-28-23(13-31-19)6-5-7-24(28)17-37-27-12-22(8-9-26(27)29(39)34(37)4)25-14-32-30(33-15-25)35-10-11-36(21(3)38)20(2)16-35/h5-9,12,14-15,20,31H,1,10-11,13,16-18H2,2-4H3/t20-/m1/s1. The summed E-state index contributed by atoms with van der Waals surface area (Å²) in [5.41, 5.74) is 6.16. The lowest BCUT2D eigenvalue weighted by Gasteiger charge is -2.39. The molecule has 2 aliphatic rings. The highest BCUT2D eigenvalue weighted by atomic mass is 32.2. The Labute approximate surface area is 237 Å². The summed E-state index contributed by atoms with van der Waals surface area (Å²) >= 11 is 1.79. The smallest absolute Gasteiger partial charge is 0.274 e. The van der Waals surface area contributed by atoms with Crippen LogP contribution in [0.5, 0.6) is 0 Å². The molecule has 0 aliphatic carbocycles. The van der Waals surface area contributed by atoms with Gasteiger partial charge in [-0.3, -0.25) is 19.0 Å². The zero-order chi connectivity index (χ0) is 28.0. The van der Waals surface area contributed by atoms with Crippen LogP contribution in [0.3, 0.4) is 0 Å². The van der Waals surface area contributed by atoms with E-state index in [1.54, 1.807) is 23.4 Å². The van der Waals surface area contributed by atoms with Crippen LogP contribution in [0.25, 0.3) is 22.0 Å². The molecule has 2 aromatic heterocycles. The fourth-order valence-electron chi connectivity index (χ4n) is 5.66. The first kappa shape index (κ1) is 26.2. The molecule has 2 aliphatic heterocycles. The third-order valence-corrected chi connectivity index (χ3v) is 9.17. The van der Waals surface area contributed by atoms with Gasteiger partial charge < -0.3 is 15.1 Å². The van der Waals surface area contributed by atoms with Crippen LogP contribution in [0, 0.1) is 0 Å². The van der Waals surface area contributed by atoms with Crippen molar-refractivity contribution in [3.05, 3.63) is 82.5 Å². The molecule has 206 valence electrons. The maximum Gasteiger partial charge on any atom is 0.274 e. The second kappa shape index (κ2) is 10.5. The van der Waals surface area contributed by atoms with Gasteiger partial charge in [0.15, 0.2) is 0 Å². The van der Waals surface area contributed by atoms with E-state index in [9.17, 15) is 9.59 Å². The molecule has 0 saturated carbocycles. The molecular formula is C30H33N7O2S. The number of amides is 1. The Balaban J connectivity index is 1.30. The Bertz CT molecular complexity index is 1670. The summed E-state index contributed by atoms with van der Waals surface area (Å²) in [7, 11) is 1.82. The third-order valence-electron chi connectivity index (χ3n) is 7.87. The van der Waals surface area contributed by atoms with Crippen LogP contribution in [0.4, 0.5) is 5.95 Å². The van der Waals surface area contributed by atoms with Gasteiger partial charge in [0.1, 0.15) is 0 Å². The average molecular weight is 556 g/mol. The summed E-state index contributed by atoms with van der Waals surface area (Å²) < 4.78 is 3.75. The van der Waals surface area contributed by atoms with Crippen molar-refractivity contribution < 1.29 is 4.79 Å². The Morgan fingerprint density at radius 3 is 2.70 bits per heavy atom. The van der Waals surface area contributed by atoms with Crippen LogP contribution in [0.15, 0.2) is 70.8 Å². The Hall–Kier alpha value is -4.05. The summed E-state index contributed by atoms with van der Waals surface area (Å²) in [4.78, 5) is 39.6. The maximum atomic E-state index is 13.1. The fraction of sp³-hybridized carbons (Fsp3) is 0.333. The topological polar surface area (TPSA) is 88.3 Å². The van der Waals surface area contributed by atoms with Crippen molar-refractivity contribution in [2.45, 2.75) is 37.9 Å². The SMILES string of the molecule is C=C1CSc2c(cccc2Cn2c3cc(-c4cnc(N5CCN(C(C)=O)[C@H](C)C5)nc4)ccc3c(=O)n2C)CN1. The summed E-state index contributed by atoms with van der Waals surface area (Å²) in [5.74, 6) is 1.58. The summed E-state index contributed by atoms with van der Waals surface area (Å²) in [6, 6.07) is 12.4. The number of thioether (sulfide) groups is 1. The molecule has 1 N–H and O–H groups in total. The predicted octanol–water partition coefficient (Wildman–Crippen LogP) is 3.61. The molecule has 2 aromatic carbocycles. The number of anilines is 1. The normalized spacial score (nSPS) is 17.5. The van der Waals surface area contributed by atoms with Gasteiger partial charge in [-0.25, -0.2) is 9.97 Å². The average Bonchev–Trinajstić information content (AvgIpc) is 3.07. The molecule has 4 heterocycles. The van der Waals surface area contributed by atoms with Crippen molar-refractivity contribution in [1.82, 2.24) is 29.5 Å². The Morgan fingerprint density at radius 1 is 1.15 bits per heavy atom. The van der Waals surface area contributed by atoms with E-state index in [1.165, 1.54) is 16.0 Å². The molecule has 4 aromatic rings. The van der Waals surface area contributed by atoms with Crippen molar-refractivity contribution in [3.8, 4) is 11.1 Å². The minimum Gasteiger partial charge on any atom is -0.384 e. The van der Waals surface area contributed by atoms with Gasteiger partial charge in [-0.1, -0.05) is 30.8 Å². The van der Waals surface area contributed by atoms with Crippen LogP contribution in [0.2, 0.25) is 0 Å². The number of aromatic nitrogens is 4. The minimum atomic E-state index is -0.0170. The molecule has 1 saturated heterocycles. The van der Waals surface area contributed by atoms with E-state index >= 15 is 0 Å². The lowest BCUT2D eigenvalue weighted by molar-refractivity contribution is -0.131. The summed E-state index contributed by atoms with van der Waals surface area (Å²) in [5, 5.41) is 4.07. The number of hydrogen-bond acceptors (Lipinski definition) is 7. The predicted molar refractivity (Wildman–Crippen MR) is 160 cm³/mol. The molecule has 1 fully saturated rings. The van der Waals surface area contributed by atoms with Crippen LogP contribution in [0.1, 0.15) is 25.0 Å². The highest BCUT2D eigenvalue weighted by Gasteiger charge is 2.26. The van der Waals surface area contributed by atoms with E-state index in [0.717, 1.165) is 34.6 Å². The van der Waals surface area contributed by atoms with E-state index < -0.39 is 0 Å². The molecule has 6 rings (SSSR count). The van der Waals surface area contributed by atoms with E-state index in [-0.39, 0.29) is 17.5 Å². The molecule has 10 heteroatoms. The molecule has 1 amide bonds. The number of fused-ring (bicyclic) bond motifs is 2. The molecular weight excluding hydrogens is 522 g/mol. The monoisotopic (exact) mass is 555 g/mol. The first-order valence-electron chi connectivity index (χ1n) is 13.5. The Morgan fingerprint density at radius 2 is 1.95 bits per heavy atom. The number of benzene rings is 2. The molecule has 0 radical (unpaired) electrons. The highest BCUT2D eigenvalue weighted by Crippen LogP contribution is 2.32. The zero-order valence-electron chi connectivity index (χ0n) is 23.1. The lowest BCUT2D eigenvalue weighted by atomic mass is 10.1. The minimum absolute atomic E-state index is 0.0170. The molecule has 9 nitrogen and oxygen atoms in total. The van der Waals surface area contributed by atoms with Gasteiger partial charge in [0.25, 0.3) is 5.56 Å². The maximum absolute atomic E-state index is 13.1. The molecule has 40 heavy (non-hydrogen) atoms. The van der Waals surface area contributed by atoms with Gasteiger partial charge >= 0.3 is 0 Å². The van der Waals surface area contributed by atoms with Gasteiger partial charge in [0, 0.05) is 80.5 Å². The van der Waals surface area contributed by atoms with E-state index in [2.05, 4.69) is 62.6 Å². The van der Waals surface area contributed by atoms with Crippen LogP contribution >= 0.6 is 11.8 Å². The van der Waals surface area contributed by atoms with Gasteiger partial charge in [0.05, 0.1) is 17.4 Å². The van der Waals surface area contributed by atoms with Gasteiger partial charge in [-0.15, -0.1) is 11.8 Å². The quantitative estimate of drug-likeness (QED) is 0.412. The number of piperazine rings is 1. The van der Waals surface area contributed by atoms with E-state index in [0.29, 0.717) is 37.5 Å².